The molecule has 0 bridgehead atoms. The number of hydrazine groups is 1. The molecule has 1 aromatic carbocycles. The molecule has 6 N–H and O–H groups in total. The Hall–Kier alpha value is -2.49. The van der Waals surface area contributed by atoms with Gasteiger partial charge in [-0.05, 0) is 24.6 Å². The molecular formula is C15H20N4O. The van der Waals surface area contributed by atoms with Gasteiger partial charge in [0, 0.05) is 23.4 Å². The summed E-state index contributed by atoms with van der Waals surface area (Å²) in [4.78, 5) is 10.5. The maximum absolute atomic E-state index is 10.5. The largest absolute Gasteiger partial charge is 0.398 e. The van der Waals surface area contributed by atoms with E-state index in [0.717, 1.165) is 6.29 Å². The van der Waals surface area contributed by atoms with Crippen LogP contribution in [0.25, 0.3) is 5.70 Å². The summed E-state index contributed by atoms with van der Waals surface area (Å²) >= 11 is 0. The third-order valence-corrected chi connectivity index (χ3v) is 2.98. The highest BCUT2D eigenvalue weighted by molar-refractivity contribution is 5.81. The average Bonchev–Trinajstić information content (AvgIpc) is 2.42. The summed E-state index contributed by atoms with van der Waals surface area (Å²) in [6.45, 7) is 7.47. The second-order valence-corrected chi connectivity index (χ2v) is 4.35. The van der Waals surface area contributed by atoms with Crippen molar-refractivity contribution in [2.75, 3.05) is 11.5 Å². The molecule has 0 radical (unpaired) electrons. The first-order valence-electron chi connectivity index (χ1n) is 6.19. The predicted octanol–water partition coefficient (Wildman–Crippen LogP) is 1.69. The van der Waals surface area contributed by atoms with Crippen LogP contribution in [0, 0.1) is 0 Å². The topological polar surface area (TPSA) is 98.4 Å². The molecule has 0 fully saturated rings. The zero-order chi connectivity index (χ0) is 15.1. The third-order valence-electron chi connectivity index (χ3n) is 2.98. The van der Waals surface area contributed by atoms with Gasteiger partial charge >= 0.3 is 0 Å². The van der Waals surface area contributed by atoms with E-state index in [-0.39, 0.29) is 6.04 Å². The van der Waals surface area contributed by atoms with Gasteiger partial charge < -0.3 is 21.3 Å². The fraction of sp³-hybridized carbons (Fsp3) is 0.200. The molecule has 1 rings (SSSR count). The van der Waals surface area contributed by atoms with Crippen molar-refractivity contribution < 1.29 is 4.79 Å². The summed E-state index contributed by atoms with van der Waals surface area (Å²) in [5.41, 5.74) is 16.6. The molecule has 5 nitrogen and oxygen atoms in total. The van der Waals surface area contributed by atoms with Gasteiger partial charge in [-0.15, -0.1) is 5.73 Å². The van der Waals surface area contributed by atoms with Crippen molar-refractivity contribution >= 4 is 23.4 Å². The van der Waals surface area contributed by atoms with E-state index in [1.165, 1.54) is 5.01 Å². The van der Waals surface area contributed by atoms with Crippen LogP contribution < -0.4 is 17.3 Å². The first-order valence-corrected chi connectivity index (χ1v) is 6.19. The molecule has 20 heavy (non-hydrogen) atoms. The summed E-state index contributed by atoms with van der Waals surface area (Å²) in [6, 6.07) is 4.97. The van der Waals surface area contributed by atoms with Crippen LogP contribution in [0.15, 0.2) is 43.2 Å². The minimum Gasteiger partial charge on any atom is -0.398 e. The number of aldehydes is 1. The molecule has 0 amide bonds. The summed E-state index contributed by atoms with van der Waals surface area (Å²) < 4.78 is 0. The molecule has 0 aliphatic rings. The molecule has 0 heterocycles. The van der Waals surface area contributed by atoms with Gasteiger partial charge in [-0.2, -0.15) is 0 Å². The van der Waals surface area contributed by atoms with Crippen LogP contribution >= 0.6 is 0 Å². The average molecular weight is 272 g/mol. The molecule has 106 valence electrons. The number of nitrogens with two attached hydrogens (primary N) is 3. The van der Waals surface area contributed by atoms with Gasteiger partial charge in [0.25, 0.3) is 0 Å². The molecule has 0 saturated carbocycles. The van der Waals surface area contributed by atoms with Crippen molar-refractivity contribution in [1.82, 2.24) is 5.01 Å². The Bertz CT molecular complexity index is 527. The molecular weight excluding hydrogens is 252 g/mol. The predicted molar refractivity (Wildman–Crippen MR) is 83.1 cm³/mol. The first-order chi connectivity index (χ1) is 9.52. The van der Waals surface area contributed by atoms with E-state index in [9.17, 15) is 4.79 Å². The first kappa shape index (κ1) is 15.6. The van der Waals surface area contributed by atoms with Gasteiger partial charge in [-0.25, -0.2) is 5.84 Å². The number of nitrogen functional groups attached to an aromatic ring is 2. The van der Waals surface area contributed by atoms with Crippen molar-refractivity contribution in [3.05, 3.63) is 48.7 Å². The molecule has 0 aliphatic carbocycles. The molecule has 1 unspecified atom stereocenters. The Morgan fingerprint density at radius 2 is 2.00 bits per heavy atom. The number of carbonyl (C=O) groups is 1. The van der Waals surface area contributed by atoms with Crippen LogP contribution in [0.2, 0.25) is 0 Å². The molecule has 0 spiro atoms. The lowest BCUT2D eigenvalue weighted by Crippen LogP contribution is -2.38. The van der Waals surface area contributed by atoms with E-state index in [0.29, 0.717) is 35.5 Å². The second-order valence-electron chi connectivity index (χ2n) is 4.35. The lowest BCUT2D eigenvalue weighted by Gasteiger charge is -2.29. The van der Waals surface area contributed by atoms with Gasteiger partial charge in [-0.1, -0.05) is 19.2 Å². The standard InChI is InChI=1S/C15H20N4O/c1-3-6-12(7-5-10-20)19(18)11(2)15-13(16)8-4-9-14(15)17/h4,6,8-10,12H,1-2,5,7,16-18H2. The van der Waals surface area contributed by atoms with E-state index in [4.69, 9.17) is 17.3 Å². The van der Waals surface area contributed by atoms with Crippen LogP contribution in [-0.4, -0.2) is 17.3 Å². The zero-order valence-electron chi connectivity index (χ0n) is 11.4. The van der Waals surface area contributed by atoms with Crippen LogP contribution in [0.1, 0.15) is 18.4 Å². The Morgan fingerprint density at radius 3 is 2.50 bits per heavy atom. The summed E-state index contributed by atoms with van der Waals surface area (Å²) in [7, 11) is 0. The minimum atomic E-state index is -0.246. The second kappa shape index (κ2) is 7.19. The van der Waals surface area contributed by atoms with Gasteiger partial charge in [0.2, 0.25) is 0 Å². The Balaban J connectivity index is 3.04. The van der Waals surface area contributed by atoms with Gasteiger partial charge in [0.15, 0.2) is 0 Å². The zero-order valence-corrected chi connectivity index (χ0v) is 11.4. The van der Waals surface area contributed by atoms with E-state index in [1.54, 1.807) is 24.3 Å². The maximum atomic E-state index is 10.5. The van der Waals surface area contributed by atoms with E-state index in [1.807, 2.05) is 0 Å². The molecule has 1 aromatic rings. The highest BCUT2D eigenvalue weighted by Gasteiger charge is 2.18. The maximum Gasteiger partial charge on any atom is 0.120 e. The fourth-order valence-corrected chi connectivity index (χ4v) is 1.93. The Labute approximate surface area is 119 Å². The van der Waals surface area contributed by atoms with Crippen molar-refractivity contribution in [3.8, 4) is 0 Å². The molecule has 1 atom stereocenters. The smallest absolute Gasteiger partial charge is 0.120 e. The quantitative estimate of drug-likeness (QED) is 0.231. The van der Waals surface area contributed by atoms with Gasteiger partial charge in [0.05, 0.1) is 11.7 Å². The highest BCUT2D eigenvalue weighted by Crippen LogP contribution is 2.29. The lowest BCUT2D eigenvalue weighted by molar-refractivity contribution is -0.108. The van der Waals surface area contributed by atoms with E-state index < -0.39 is 0 Å². The Kier molecular flexibility index (Phi) is 5.59. The van der Waals surface area contributed by atoms with Crippen LogP contribution in [0.3, 0.4) is 0 Å². The van der Waals surface area contributed by atoms with E-state index in [2.05, 4.69) is 18.9 Å². The molecule has 0 aromatic heterocycles. The number of hydrogen-bond donors (Lipinski definition) is 3. The normalized spacial score (nSPS) is 11.2. The highest BCUT2D eigenvalue weighted by atomic mass is 16.1. The summed E-state index contributed by atoms with van der Waals surface area (Å²) in [5, 5.41) is 1.43. The van der Waals surface area contributed by atoms with Crippen molar-refractivity contribution in [2.45, 2.75) is 18.9 Å². The van der Waals surface area contributed by atoms with Gasteiger partial charge in [-0.3, -0.25) is 0 Å². The minimum absolute atomic E-state index is 0.246. The number of rotatable bonds is 7. The number of nitrogens with zero attached hydrogens (tertiary/aromatic N) is 1. The number of hydrogen-bond acceptors (Lipinski definition) is 5. The summed E-state index contributed by atoms with van der Waals surface area (Å²) in [6.07, 6.45) is 3.44. The Morgan fingerprint density at radius 1 is 1.40 bits per heavy atom. The van der Waals surface area contributed by atoms with Crippen LogP contribution in [0.5, 0.6) is 0 Å². The monoisotopic (exact) mass is 272 g/mol. The third kappa shape index (κ3) is 3.51. The SMILES string of the molecule is C=C=CC(CCC=O)N(N)C(=C)c1c(N)cccc1N. The number of anilines is 2. The summed E-state index contributed by atoms with van der Waals surface area (Å²) in [5.74, 6) is 6.07. The molecule has 0 saturated heterocycles. The van der Waals surface area contributed by atoms with Gasteiger partial charge in [0.1, 0.15) is 6.29 Å². The van der Waals surface area contributed by atoms with Crippen LogP contribution in [-0.2, 0) is 4.79 Å². The van der Waals surface area contributed by atoms with Crippen molar-refractivity contribution in [2.24, 2.45) is 5.84 Å². The number of benzene rings is 1. The van der Waals surface area contributed by atoms with Crippen LogP contribution in [0.4, 0.5) is 11.4 Å². The molecule has 0 aliphatic heterocycles. The molecule has 5 heteroatoms. The fourth-order valence-electron chi connectivity index (χ4n) is 1.93. The van der Waals surface area contributed by atoms with E-state index >= 15 is 0 Å². The lowest BCUT2D eigenvalue weighted by atomic mass is 10.1. The van der Waals surface area contributed by atoms with Crippen molar-refractivity contribution in [1.29, 1.82) is 0 Å². The number of carbonyl (C=O) groups excluding carboxylic acids is 1. The van der Waals surface area contributed by atoms with Crippen molar-refractivity contribution in [3.63, 3.8) is 0 Å².